The summed E-state index contributed by atoms with van der Waals surface area (Å²) in [6.45, 7) is 1.81. The second-order valence-corrected chi connectivity index (χ2v) is 8.11. The average molecular weight is 381 g/mol. The van der Waals surface area contributed by atoms with Crippen molar-refractivity contribution in [1.29, 1.82) is 0 Å². The number of fused-ring (bicyclic) bond motifs is 1. The quantitative estimate of drug-likeness (QED) is 0.666. The van der Waals surface area contributed by atoms with Crippen molar-refractivity contribution >= 4 is 46.4 Å². The molecule has 1 amide bonds. The number of halogens is 2. The SMILES string of the molecule is CCOP(=O)(c1ccc(F)cc1)c1c(C(N)=O)[nH]c2ccc(Cl)cc12. The Kier molecular flexibility index (Phi) is 4.69. The molecule has 1 atom stereocenters. The normalized spacial score (nSPS) is 13.7. The molecule has 0 fully saturated rings. The van der Waals surface area contributed by atoms with E-state index < -0.39 is 19.1 Å². The summed E-state index contributed by atoms with van der Waals surface area (Å²) in [6, 6.07) is 10.0. The average Bonchev–Trinajstić information content (AvgIpc) is 2.95. The number of carbonyl (C=O) groups excluding carboxylic acids is 1. The summed E-state index contributed by atoms with van der Waals surface area (Å²) in [5, 5.41) is 1.29. The highest BCUT2D eigenvalue weighted by Crippen LogP contribution is 2.47. The number of rotatable bonds is 5. The third-order valence-corrected chi connectivity index (χ3v) is 6.64. The van der Waals surface area contributed by atoms with Crippen LogP contribution in [0.25, 0.3) is 10.9 Å². The Hall–Kier alpha value is -2.14. The van der Waals surface area contributed by atoms with E-state index in [2.05, 4.69) is 4.98 Å². The van der Waals surface area contributed by atoms with Gasteiger partial charge in [-0.25, -0.2) is 4.39 Å². The van der Waals surface area contributed by atoms with Crippen LogP contribution in [0.1, 0.15) is 17.4 Å². The van der Waals surface area contributed by atoms with Crippen LogP contribution >= 0.6 is 19.0 Å². The first-order chi connectivity index (χ1) is 11.9. The first-order valence-corrected chi connectivity index (χ1v) is 9.49. The zero-order chi connectivity index (χ0) is 18.2. The van der Waals surface area contributed by atoms with Crippen molar-refractivity contribution in [2.75, 3.05) is 6.61 Å². The molecule has 0 bridgehead atoms. The molecule has 0 aliphatic carbocycles. The van der Waals surface area contributed by atoms with Crippen LogP contribution in [0.2, 0.25) is 5.02 Å². The van der Waals surface area contributed by atoms with Crippen LogP contribution in [0.15, 0.2) is 42.5 Å². The van der Waals surface area contributed by atoms with E-state index in [4.69, 9.17) is 21.9 Å². The number of primary amides is 1. The lowest BCUT2D eigenvalue weighted by atomic mass is 10.2. The maximum atomic E-state index is 13.8. The van der Waals surface area contributed by atoms with Gasteiger partial charge in [0.2, 0.25) is 0 Å². The topological polar surface area (TPSA) is 85.2 Å². The van der Waals surface area contributed by atoms with E-state index in [1.54, 1.807) is 25.1 Å². The lowest BCUT2D eigenvalue weighted by Crippen LogP contribution is -2.26. The van der Waals surface area contributed by atoms with Crippen molar-refractivity contribution in [3.05, 3.63) is 59.0 Å². The number of nitrogens with one attached hydrogen (secondary N) is 1. The Morgan fingerprint density at radius 2 is 1.96 bits per heavy atom. The molecule has 1 aromatic heterocycles. The molecule has 0 saturated heterocycles. The Morgan fingerprint density at radius 1 is 1.28 bits per heavy atom. The monoisotopic (exact) mass is 380 g/mol. The van der Waals surface area contributed by atoms with Gasteiger partial charge in [0.1, 0.15) is 11.5 Å². The smallest absolute Gasteiger partial charge is 0.266 e. The number of benzene rings is 2. The van der Waals surface area contributed by atoms with E-state index in [1.165, 1.54) is 24.3 Å². The molecule has 0 saturated carbocycles. The fraction of sp³-hybridized carbons (Fsp3) is 0.118. The molecule has 130 valence electrons. The van der Waals surface area contributed by atoms with Crippen LogP contribution < -0.4 is 16.3 Å². The zero-order valence-corrected chi connectivity index (χ0v) is 14.9. The van der Waals surface area contributed by atoms with E-state index in [0.717, 1.165) is 0 Å². The molecule has 3 N–H and O–H groups in total. The fourth-order valence-corrected chi connectivity index (χ4v) is 5.30. The highest BCUT2D eigenvalue weighted by atomic mass is 35.5. The van der Waals surface area contributed by atoms with Gasteiger partial charge in [0.25, 0.3) is 13.3 Å². The second kappa shape index (κ2) is 6.64. The number of hydrogen-bond donors (Lipinski definition) is 2. The standard InChI is InChI=1S/C17H15ClFN2O3P/c1-2-24-25(23,12-6-4-11(19)5-7-12)16-13-9-10(18)3-8-14(13)21-15(16)17(20)22/h3-9,21H,2H2,1H3,(H2,20,22). The largest absolute Gasteiger partial charge is 0.364 e. The maximum absolute atomic E-state index is 13.8. The number of aromatic amines is 1. The molecule has 0 radical (unpaired) electrons. The van der Waals surface area contributed by atoms with Crippen LogP contribution in [0.4, 0.5) is 4.39 Å². The molecule has 1 heterocycles. The molecule has 5 nitrogen and oxygen atoms in total. The molecule has 25 heavy (non-hydrogen) atoms. The van der Waals surface area contributed by atoms with Crippen molar-refractivity contribution in [3.8, 4) is 0 Å². The van der Waals surface area contributed by atoms with Gasteiger partial charge in [0.15, 0.2) is 0 Å². The van der Waals surface area contributed by atoms with Crippen LogP contribution in [-0.2, 0) is 9.09 Å². The molecule has 2 aromatic carbocycles. The van der Waals surface area contributed by atoms with E-state index in [9.17, 15) is 13.8 Å². The fourth-order valence-electron chi connectivity index (χ4n) is 2.72. The molecule has 1 unspecified atom stereocenters. The summed E-state index contributed by atoms with van der Waals surface area (Å²) >= 11 is 6.06. The number of aromatic nitrogens is 1. The molecule has 3 rings (SSSR count). The van der Waals surface area contributed by atoms with Gasteiger partial charge in [-0.2, -0.15) is 0 Å². The number of hydrogen-bond acceptors (Lipinski definition) is 3. The van der Waals surface area contributed by atoms with E-state index >= 15 is 0 Å². The lowest BCUT2D eigenvalue weighted by molar-refractivity contribution is 0.0997. The van der Waals surface area contributed by atoms with Crippen molar-refractivity contribution in [2.24, 2.45) is 5.73 Å². The van der Waals surface area contributed by atoms with E-state index in [1.807, 2.05) is 0 Å². The second-order valence-electron chi connectivity index (χ2n) is 5.35. The van der Waals surface area contributed by atoms with E-state index in [0.29, 0.717) is 15.9 Å². The highest BCUT2D eigenvalue weighted by Gasteiger charge is 2.36. The predicted octanol–water partition coefficient (Wildman–Crippen LogP) is 3.32. The minimum Gasteiger partial charge on any atom is -0.364 e. The minimum absolute atomic E-state index is 0.0154. The van der Waals surface area contributed by atoms with Gasteiger partial charge in [-0.15, -0.1) is 0 Å². The van der Waals surface area contributed by atoms with Crippen molar-refractivity contribution in [2.45, 2.75) is 6.92 Å². The summed E-state index contributed by atoms with van der Waals surface area (Å²) in [6.07, 6.45) is 0. The Balaban J connectivity index is 2.38. The summed E-state index contributed by atoms with van der Waals surface area (Å²) in [4.78, 5) is 14.8. The Bertz CT molecular complexity index is 1000. The van der Waals surface area contributed by atoms with Crippen molar-refractivity contribution in [3.63, 3.8) is 0 Å². The highest BCUT2D eigenvalue weighted by molar-refractivity contribution is 7.75. The van der Waals surface area contributed by atoms with Gasteiger partial charge < -0.3 is 15.2 Å². The molecule has 0 aliphatic rings. The van der Waals surface area contributed by atoms with Crippen molar-refractivity contribution < 1.29 is 18.3 Å². The number of carbonyl (C=O) groups is 1. The van der Waals surface area contributed by atoms with Gasteiger partial charge in [-0.05, 0) is 49.4 Å². The zero-order valence-electron chi connectivity index (χ0n) is 13.3. The molecule has 0 aliphatic heterocycles. The Labute approximate surface area is 148 Å². The molecule has 3 aromatic rings. The van der Waals surface area contributed by atoms with Gasteiger partial charge in [-0.3, -0.25) is 9.36 Å². The molecular formula is C17H15ClFN2O3P. The summed E-state index contributed by atoms with van der Waals surface area (Å²) < 4.78 is 32.7. The van der Waals surface area contributed by atoms with Gasteiger partial charge in [0.05, 0.1) is 11.9 Å². The Morgan fingerprint density at radius 3 is 2.56 bits per heavy atom. The van der Waals surface area contributed by atoms with Crippen LogP contribution in [0, 0.1) is 5.82 Å². The minimum atomic E-state index is -3.71. The summed E-state index contributed by atoms with van der Waals surface area (Å²) in [7, 11) is -3.71. The van der Waals surface area contributed by atoms with Crippen LogP contribution in [-0.4, -0.2) is 17.5 Å². The van der Waals surface area contributed by atoms with Gasteiger partial charge in [0, 0.05) is 21.2 Å². The summed E-state index contributed by atoms with van der Waals surface area (Å²) in [5.41, 5.74) is 6.01. The van der Waals surface area contributed by atoms with Gasteiger partial charge >= 0.3 is 0 Å². The number of nitrogens with two attached hydrogens (primary N) is 1. The van der Waals surface area contributed by atoms with E-state index in [-0.39, 0.29) is 22.9 Å². The van der Waals surface area contributed by atoms with Crippen LogP contribution in [0.5, 0.6) is 0 Å². The summed E-state index contributed by atoms with van der Waals surface area (Å²) in [5.74, 6) is -1.24. The van der Waals surface area contributed by atoms with Crippen LogP contribution in [0.3, 0.4) is 0 Å². The molecule has 8 heteroatoms. The molecule has 0 spiro atoms. The predicted molar refractivity (Wildman–Crippen MR) is 96.7 cm³/mol. The van der Waals surface area contributed by atoms with Crippen molar-refractivity contribution in [1.82, 2.24) is 4.98 Å². The lowest BCUT2D eigenvalue weighted by Gasteiger charge is -2.19. The maximum Gasteiger partial charge on any atom is 0.266 e. The first kappa shape index (κ1) is 17.7. The first-order valence-electron chi connectivity index (χ1n) is 7.49. The third kappa shape index (κ3) is 3.09. The van der Waals surface area contributed by atoms with Gasteiger partial charge in [-0.1, -0.05) is 11.6 Å². The molecular weight excluding hydrogens is 366 g/mol. The number of amides is 1. The third-order valence-electron chi connectivity index (χ3n) is 3.75. The number of H-pyrrole nitrogens is 1.